The fraction of sp³-hybridized carbons (Fsp3) is 0.923. The molecular formula is C13H25NO. The molecule has 3 unspecified atom stereocenters. The number of hydrogen-bond donors (Lipinski definition) is 1. The predicted octanol–water partition coefficient (Wildman–Crippen LogP) is 2.63. The quantitative estimate of drug-likeness (QED) is 0.757. The number of carbonyl (C=O) groups is 1. The third-order valence-electron chi connectivity index (χ3n) is 3.76. The smallest absolute Gasteiger partial charge is 0.140 e. The highest BCUT2D eigenvalue weighted by Crippen LogP contribution is 2.32. The first-order valence-corrected chi connectivity index (χ1v) is 6.37. The van der Waals surface area contributed by atoms with Gasteiger partial charge in [-0.05, 0) is 25.8 Å². The Hall–Kier alpha value is -0.370. The van der Waals surface area contributed by atoms with Crippen molar-refractivity contribution in [3.8, 4) is 0 Å². The summed E-state index contributed by atoms with van der Waals surface area (Å²) in [7, 11) is 1.92. The van der Waals surface area contributed by atoms with Crippen molar-refractivity contribution in [1.29, 1.82) is 0 Å². The number of ketones is 1. The molecule has 1 fully saturated rings. The van der Waals surface area contributed by atoms with Crippen molar-refractivity contribution in [2.45, 2.75) is 46.0 Å². The molecule has 15 heavy (non-hydrogen) atoms. The Morgan fingerprint density at radius 1 is 1.47 bits per heavy atom. The van der Waals surface area contributed by atoms with Crippen LogP contribution in [0.3, 0.4) is 0 Å². The van der Waals surface area contributed by atoms with E-state index in [2.05, 4.69) is 12.2 Å². The lowest BCUT2D eigenvalue weighted by molar-refractivity contribution is -0.127. The Morgan fingerprint density at radius 2 is 2.20 bits per heavy atom. The lowest BCUT2D eigenvalue weighted by atomic mass is 9.76. The third kappa shape index (κ3) is 3.60. The van der Waals surface area contributed by atoms with E-state index in [0.717, 1.165) is 25.3 Å². The average molecular weight is 211 g/mol. The van der Waals surface area contributed by atoms with E-state index in [1.165, 1.54) is 19.3 Å². The lowest BCUT2D eigenvalue weighted by Crippen LogP contribution is -2.31. The summed E-state index contributed by atoms with van der Waals surface area (Å²) in [6.07, 6.45) is 6.10. The van der Waals surface area contributed by atoms with Crippen LogP contribution in [0.5, 0.6) is 0 Å². The van der Waals surface area contributed by atoms with Crippen molar-refractivity contribution in [3.05, 3.63) is 0 Å². The van der Waals surface area contributed by atoms with Gasteiger partial charge >= 0.3 is 0 Å². The van der Waals surface area contributed by atoms with E-state index in [4.69, 9.17) is 0 Å². The number of rotatable bonds is 5. The molecule has 0 bridgehead atoms. The van der Waals surface area contributed by atoms with E-state index in [-0.39, 0.29) is 5.92 Å². The number of carbonyl (C=O) groups excluding carboxylic acids is 1. The summed E-state index contributed by atoms with van der Waals surface area (Å²) < 4.78 is 0. The molecule has 0 saturated heterocycles. The number of hydrogen-bond acceptors (Lipinski definition) is 2. The first kappa shape index (κ1) is 12.7. The highest BCUT2D eigenvalue weighted by atomic mass is 16.1. The predicted molar refractivity (Wildman–Crippen MR) is 63.8 cm³/mol. The molecule has 1 N–H and O–H groups in total. The van der Waals surface area contributed by atoms with Gasteiger partial charge in [0, 0.05) is 18.4 Å². The van der Waals surface area contributed by atoms with Gasteiger partial charge in [-0.25, -0.2) is 0 Å². The van der Waals surface area contributed by atoms with Gasteiger partial charge < -0.3 is 5.32 Å². The molecule has 0 aromatic heterocycles. The zero-order chi connectivity index (χ0) is 11.3. The molecule has 1 aliphatic rings. The van der Waals surface area contributed by atoms with Gasteiger partial charge in [-0.3, -0.25) is 4.79 Å². The maximum atomic E-state index is 12.1. The van der Waals surface area contributed by atoms with Gasteiger partial charge in [-0.1, -0.05) is 33.1 Å². The van der Waals surface area contributed by atoms with Crippen LogP contribution in [0.1, 0.15) is 46.0 Å². The van der Waals surface area contributed by atoms with Crippen molar-refractivity contribution in [2.24, 2.45) is 17.8 Å². The van der Waals surface area contributed by atoms with Crippen molar-refractivity contribution in [1.82, 2.24) is 5.32 Å². The molecule has 0 spiro atoms. The van der Waals surface area contributed by atoms with Crippen LogP contribution in [0.2, 0.25) is 0 Å². The van der Waals surface area contributed by atoms with Crippen LogP contribution in [-0.2, 0) is 4.79 Å². The van der Waals surface area contributed by atoms with E-state index >= 15 is 0 Å². The second kappa shape index (κ2) is 6.26. The van der Waals surface area contributed by atoms with Gasteiger partial charge in [0.2, 0.25) is 0 Å². The van der Waals surface area contributed by atoms with E-state index in [9.17, 15) is 4.79 Å². The van der Waals surface area contributed by atoms with E-state index in [0.29, 0.717) is 11.7 Å². The van der Waals surface area contributed by atoms with Crippen molar-refractivity contribution in [3.63, 3.8) is 0 Å². The Labute approximate surface area is 93.8 Å². The molecule has 1 saturated carbocycles. The minimum Gasteiger partial charge on any atom is -0.319 e. The lowest BCUT2D eigenvalue weighted by Gasteiger charge is -2.29. The third-order valence-corrected chi connectivity index (χ3v) is 3.76. The monoisotopic (exact) mass is 211 g/mol. The summed E-state index contributed by atoms with van der Waals surface area (Å²) in [5, 5.41) is 3.09. The molecule has 0 aliphatic heterocycles. The maximum Gasteiger partial charge on any atom is 0.140 e. The van der Waals surface area contributed by atoms with Gasteiger partial charge in [0.1, 0.15) is 5.78 Å². The zero-order valence-electron chi connectivity index (χ0n) is 10.4. The molecule has 1 rings (SSSR count). The molecule has 3 atom stereocenters. The molecule has 0 amide bonds. The van der Waals surface area contributed by atoms with Crippen LogP contribution in [0.4, 0.5) is 0 Å². The van der Waals surface area contributed by atoms with Crippen molar-refractivity contribution < 1.29 is 4.79 Å². The molecule has 2 nitrogen and oxygen atoms in total. The first-order valence-electron chi connectivity index (χ1n) is 6.37. The summed E-state index contributed by atoms with van der Waals surface area (Å²) >= 11 is 0. The second-order valence-electron chi connectivity index (χ2n) is 5.00. The van der Waals surface area contributed by atoms with Gasteiger partial charge in [-0.15, -0.1) is 0 Å². The normalized spacial score (nSPS) is 28.7. The highest BCUT2D eigenvalue weighted by molar-refractivity contribution is 5.83. The summed E-state index contributed by atoms with van der Waals surface area (Å²) in [6, 6.07) is 0. The molecular weight excluding hydrogens is 186 g/mol. The summed E-state index contributed by atoms with van der Waals surface area (Å²) in [5.41, 5.74) is 0. The van der Waals surface area contributed by atoms with Crippen LogP contribution >= 0.6 is 0 Å². The molecule has 88 valence electrons. The minimum absolute atomic E-state index is 0.190. The van der Waals surface area contributed by atoms with Crippen LogP contribution < -0.4 is 5.32 Å². The Bertz CT molecular complexity index is 203. The van der Waals surface area contributed by atoms with Crippen LogP contribution in [-0.4, -0.2) is 19.4 Å². The van der Waals surface area contributed by atoms with Crippen molar-refractivity contribution in [2.75, 3.05) is 13.6 Å². The van der Waals surface area contributed by atoms with Crippen LogP contribution in [0.15, 0.2) is 0 Å². The number of Topliss-reactive ketones (excluding diaryl/α,β-unsaturated/α-hetero) is 1. The van der Waals surface area contributed by atoms with E-state index < -0.39 is 0 Å². The average Bonchev–Trinajstić information content (AvgIpc) is 2.28. The number of nitrogens with one attached hydrogen (secondary N) is 1. The van der Waals surface area contributed by atoms with Crippen LogP contribution in [0.25, 0.3) is 0 Å². The standard InChI is InChI=1S/C13H25NO/c1-4-11-6-5-7-12(8-11)13(15)10(2)9-14-3/h10-12,14H,4-9H2,1-3H3. The molecule has 0 aromatic carbocycles. The van der Waals surface area contributed by atoms with Gasteiger partial charge in [0.25, 0.3) is 0 Å². The molecule has 0 radical (unpaired) electrons. The van der Waals surface area contributed by atoms with Gasteiger partial charge in [0.15, 0.2) is 0 Å². The van der Waals surface area contributed by atoms with E-state index in [1.807, 2.05) is 14.0 Å². The first-order chi connectivity index (χ1) is 7.19. The van der Waals surface area contributed by atoms with Crippen LogP contribution in [0, 0.1) is 17.8 Å². The zero-order valence-corrected chi connectivity index (χ0v) is 10.4. The summed E-state index contributed by atoms with van der Waals surface area (Å²) in [4.78, 5) is 12.1. The van der Waals surface area contributed by atoms with E-state index in [1.54, 1.807) is 0 Å². The second-order valence-corrected chi connectivity index (χ2v) is 5.00. The van der Waals surface area contributed by atoms with Gasteiger partial charge in [0.05, 0.1) is 0 Å². The molecule has 0 aromatic rings. The summed E-state index contributed by atoms with van der Waals surface area (Å²) in [5.74, 6) is 1.83. The molecule has 1 aliphatic carbocycles. The summed E-state index contributed by atoms with van der Waals surface area (Å²) in [6.45, 7) is 5.12. The van der Waals surface area contributed by atoms with Gasteiger partial charge in [-0.2, -0.15) is 0 Å². The topological polar surface area (TPSA) is 29.1 Å². The molecule has 0 heterocycles. The molecule has 2 heteroatoms. The fourth-order valence-electron chi connectivity index (χ4n) is 2.73. The fourth-order valence-corrected chi connectivity index (χ4v) is 2.73. The maximum absolute atomic E-state index is 12.1. The Morgan fingerprint density at radius 3 is 2.80 bits per heavy atom. The largest absolute Gasteiger partial charge is 0.319 e. The Kier molecular flexibility index (Phi) is 5.30. The Balaban J connectivity index is 2.44. The highest BCUT2D eigenvalue weighted by Gasteiger charge is 2.28. The minimum atomic E-state index is 0.190. The SMILES string of the molecule is CCC1CCCC(C(=O)C(C)CNC)C1. The van der Waals surface area contributed by atoms with Crippen molar-refractivity contribution >= 4 is 5.78 Å².